The van der Waals surface area contributed by atoms with Crippen LogP contribution in [0.5, 0.6) is 5.75 Å². The zero-order valence-electron chi connectivity index (χ0n) is 7.78. The van der Waals surface area contributed by atoms with Gasteiger partial charge in [0.2, 0.25) is 0 Å². The number of nitrogen functional groups attached to an aromatic ring is 1. The third-order valence-corrected chi connectivity index (χ3v) is 2.08. The number of nitrogens with zero attached hydrogens (tertiary/aromatic N) is 1. The number of aromatic nitrogens is 1. The van der Waals surface area contributed by atoms with Crippen molar-refractivity contribution >= 4 is 16.8 Å². The first-order chi connectivity index (χ1) is 6.76. The van der Waals surface area contributed by atoms with Crippen LogP contribution < -0.4 is 16.2 Å². The van der Waals surface area contributed by atoms with Crippen molar-refractivity contribution in [3.63, 3.8) is 0 Å². The normalized spacial score (nSPS) is 10.7. The minimum Gasteiger partial charge on any atom is -0.496 e. The standard InChI is InChI=1S/C9H11N3O2/c1-13-6-2-5(4-10)3-7-8(6)9(11)12-14-7/h2-3H,4,10H2,1H3,(H2,11,12). The molecule has 0 saturated heterocycles. The number of methoxy groups -OCH3 is 1. The van der Waals surface area contributed by atoms with Crippen molar-refractivity contribution in [1.29, 1.82) is 0 Å². The Morgan fingerprint density at radius 3 is 2.93 bits per heavy atom. The third-order valence-electron chi connectivity index (χ3n) is 2.08. The van der Waals surface area contributed by atoms with Crippen molar-refractivity contribution in [2.45, 2.75) is 6.54 Å². The topological polar surface area (TPSA) is 87.3 Å². The first kappa shape index (κ1) is 8.83. The van der Waals surface area contributed by atoms with Gasteiger partial charge in [0, 0.05) is 6.54 Å². The highest BCUT2D eigenvalue weighted by Crippen LogP contribution is 2.31. The van der Waals surface area contributed by atoms with Crippen LogP contribution in [0.15, 0.2) is 16.7 Å². The molecule has 0 aliphatic heterocycles. The van der Waals surface area contributed by atoms with Crippen molar-refractivity contribution in [1.82, 2.24) is 5.16 Å². The minimum atomic E-state index is 0.334. The molecule has 0 amide bonds. The summed E-state index contributed by atoms with van der Waals surface area (Å²) >= 11 is 0. The SMILES string of the molecule is COc1cc(CN)cc2onc(N)c12. The summed E-state index contributed by atoms with van der Waals surface area (Å²) in [4.78, 5) is 0. The van der Waals surface area contributed by atoms with E-state index in [1.807, 2.05) is 6.07 Å². The number of anilines is 1. The van der Waals surface area contributed by atoms with Crippen molar-refractivity contribution in [2.75, 3.05) is 12.8 Å². The fourth-order valence-corrected chi connectivity index (χ4v) is 1.39. The molecule has 0 saturated carbocycles. The number of rotatable bonds is 2. The van der Waals surface area contributed by atoms with Crippen molar-refractivity contribution in [2.24, 2.45) is 5.73 Å². The summed E-state index contributed by atoms with van der Waals surface area (Å²) < 4.78 is 10.2. The molecule has 0 bridgehead atoms. The van der Waals surface area contributed by atoms with E-state index in [0.717, 1.165) is 5.56 Å². The molecule has 0 aliphatic rings. The maximum Gasteiger partial charge on any atom is 0.178 e. The first-order valence-electron chi connectivity index (χ1n) is 4.18. The van der Waals surface area contributed by atoms with Crippen LogP contribution in [0.1, 0.15) is 5.56 Å². The van der Waals surface area contributed by atoms with E-state index in [4.69, 9.17) is 20.7 Å². The summed E-state index contributed by atoms with van der Waals surface area (Å²) in [6, 6.07) is 3.64. The minimum absolute atomic E-state index is 0.334. The molecule has 1 heterocycles. The maximum absolute atomic E-state index is 5.63. The largest absolute Gasteiger partial charge is 0.496 e. The van der Waals surface area contributed by atoms with Crippen molar-refractivity contribution in [3.8, 4) is 5.75 Å². The average Bonchev–Trinajstić information content (AvgIpc) is 2.59. The van der Waals surface area contributed by atoms with Crippen LogP contribution in [-0.2, 0) is 6.54 Å². The van der Waals surface area contributed by atoms with Gasteiger partial charge in [-0.25, -0.2) is 0 Å². The van der Waals surface area contributed by atoms with E-state index >= 15 is 0 Å². The van der Waals surface area contributed by atoms with E-state index in [-0.39, 0.29) is 0 Å². The lowest BCUT2D eigenvalue weighted by Gasteiger charge is -2.03. The quantitative estimate of drug-likeness (QED) is 0.739. The molecule has 14 heavy (non-hydrogen) atoms. The van der Waals surface area contributed by atoms with Gasteiger partial charge in [-0.05, 0) is 17.7 Å². The molecule has 5 nitrogen and oxygen atoms in total. The Morgan fingerprint density at radius 1 is 1.50 bits per heavy atom. The molecule has 1 aromatic heterocycles. The lowest BCUT2D eigenvalue weighted by atomic mass is 10.1. The Bertz CT molecular complexity index is 464. The second kappa shape index (κ2) is 3.19. The van der Waals surface area contributed by atoms with Crippen LogP contribution in [0.3, 0.4) is 0 Å². The zero-order valence-corrected chi connectivity index (χ0v) is 7.78. The Kier molecular flexibility index (Phi) is 2.01. The summed E-state index contributed by atoms with van der Waals surface area (Å²) in [5.74, 6) is 0.974. The van der Waals surface area contributed by atoms with Gasteiger partial charge >= 0.3 is 0 Å². The summed E-state index contributed by atoms with van der Waals surface area (Å²) in [7, 11) is 1.57. The number of benzene rings is 1. The number of ether oxygens (including phenoxy) is 1. The van der Waals surface area contributed by atoms with Gasteiger partial charge < -0.3 is 20.7 Å². The Balaban J connectivity index is 2.76. The van der Waals surface area contributed by atoms with Gasteiger partial charge in [0.05, 0.1) is 7.11 Å². The van der Waals surface area contributed by atoms with E-state index in [1.54, 1.807) is 13.2 Å². The van der Waals surface area contributed by atoms with Gasteiger partial charge in [-0.2, -0.15) is 0 Å². The summed E-state index contributed by atoms with van der Waals surface area (Å²) in [6.45, 7) is 0.424. The predicted octanol–water partition coefficient (Wildman–Crippen LogP) is 0.877. The number of nitrogens with two attached hydrogens (primary N) is 2. The molecule has 1 aromatic carbocycles. The van der Waals surface area contributed by atoms with Crippen LogP contribution in [0.4, 0.5) is 5.82 Å². The number of fused-ring (bicyclic) bond motifs is 1. The smallest absolute Gasteiger partial charge is 0.178 e. The molecular formula is C9H11N3O2. The molecule has 0 fully saturated rings. The lowest BCUT2D eigenvalue weighted by molar-refractivity contribution is 0.418. The Morgan fingerprint density at radius 2 is 2.29 bits per heavy atom. The van der Waals surface area contributed by atoms with Crippen LogP contribution in [0.25, 0.3) is 11.0 Å². The van der Waals surface area contributed by atoms with Gasteiger partial charge in [0.25, 0.3) is 0 Å². The highest BCUT2D eigenvalue weighted by atomic mass is 16.5. The summed E-state index contributed by atoms with van der Waals surface area (Å²) in [6.07, 6.45) is 0. The highest BCUT2D eigenvalue weighted by Gasteiger charge is 2.12. The van der Waals surface area contributed by atoms with Crippen LogP contribution in [0, 0.1) is 0 Å². The van der Waals surface area contributed by atoms with Crippen LogP contribution in [0.2, 0.25) is 0 Å². The van der Waals surface area contributed by atoms with Crippen molar-refractivity contribution < 1.29 is 9.26 Å². The molecule has 0 atom stereocenters. The zero-order chi connectivity index (χ0) is 10.1. The average molecular weight is 193 g/mol. The van der Waals surface area contributed by atoms with Gasteiger partial charge in [0.1, 0.15) is 11.1 Å². The van der Waals surface area contributed by atoms with Crippen molar-refractivity contribution in [3.05, 3.63) is 17.7 Å². The van der Waals surface area contributed by atoms with Gasteiger partial charge in [-0.3, -0.25) is 0 Å². The van der Waals surface area contributed by atoms with E-state index < -0.39 is 0 Å². The molecule has 4 N–H and O–H groups in total. The van der Waals surface area contributed by atoms with Crippen LogP contribution in [-0.4, -0.2) is 12.3 Å². The number of hydrogen-bond donors (Lipinski definition) is 2. The molecule has 0 spiro atoms. The molecule has 0 aliphatic carbocycles. The molecule has 2 aromatic rings. The van der Waals surface area contributed by atoms with E-state index in [0.29, 0.717) is 29.1 Å². The monoisotopic (exact) mass is 193 g/mol. The maximum atomic E-state index is 5.63. The third kappa shape index (κ3) is 1.18. The lowest BCUT2D eigenvalue weighted by Crippen LogP contribution is -1.97. The van der Waals surface area contributed by atoms with Crippen LogP contribution >= 0.6 is 0 Å². The molecule has 0 radical (unpaired) electrons. The molecule has 2 rings (SSSR count). The van der Waals surface area contributed by atoms with E-state index in [1.165, 1.54) is 0 Å². The highest BCUT2D eigenvalue weighted by molar-refractivity contribution is 5.93. The van der Waals surface area contributed by atoms with Gasteiger partial charge in [-0.15, -0.1) is 0 Å². The van der Waals surface area contributed by atoms with E-state index in [2.05, 4.69) is 5.16 Å². The van der Waals surface area contributed by atoms with Gasteiger partial charge in [0.15, 0.2) is 11.4 Å². The molecular weight excluding hydrogens is 182 g/mol. The second-order valence-corrected chi connectivity index (χ2v) is 2.94. The Hall–Kier alpha value is -1.75. The second-order valence-electron chi connectivity index (χ2n) is 2.94. The molecule has 0 unspecified atom stereocenters. The summed E-state index contributed by atoms with van der Waals surface area (Å²) in [5.41, 5.74) is 12.7. The van der Waals surface area contributed by atoms with E-state index in [9.17, 15) is 0 Å². The van der Waals surface area contributed by atoms with Gasteiger partial charge in [-0.1, -0.05) is 5.16 Å². The molecule has 5 heteroatoms. The predicted molar refractivity (Wildman–Crippen MR) is 52.9 cm³/mol. The fourth-order valence-electron chi connectivity index (χ4n) is 1.39. The first-order valence-corrected chi connectivity index (χ1v) is 4.18. The molecule has 74 valence electrons. The summed E-state index contributed by atoms with van der Waals surface area (Å²) in [5, 5.41) is 4.36. The number of hydrogen-bond acceptors (Lipinski definition) is 5. The fraction of sp³-hybridized carbons (Fsp3) is 0.222. The Labute approximate surface area is 80.6 Å².